The van der Waals surface area contributed by atoms with E-state index >= 15 is 0 Å². The summed E-state index contributed by atoms with van der Waals surface area (Å²) >= 11 is 0. The van der Waals surface area contributed by atoms with Gasteiger partial charge in [0.15, 0.2) is 6.73 Å². The molecule has 1 N–H and O–H groups in total. The van der Waals surface area contributed by atoms with Crippen molar-refractivity contribution >= 4 is 0 Å². The summed E-state index contributed by atoms with van der Waals surface area (Å²) < 4.78 is 5.12. The molecule has 0 aromatic rings. The van der Waals surface area contributed by atoms with E-state index in [0.717, 1.165) is 0 Å². The highest BCUT2D eigenvalue weighted by Gasteiger charge is 2.15. The Kier molecular flexibility index (Phi) is 11.0. The Morgan fingerprint density at radius 2 is 1.61 bits per heavy atom. The van der Waals surface area contributed by atoms with Gasteiger partial charge in [0.1, 0.15) is 6.11 Å². The minimum absolute atomic E-state index is 0.152. The van der Waals surface area contributed by atoms with Gasteiger partial charge in [0.05, 0.1) is 0 Å². The van der Waals surface area contributed by atoms with Crippen LogP contribution in [0.15, 0.2) is 0 Å². The van der Waals surface area contributed by atoms with Gasteiger partial charge in [-0.2, -0.15) is 0 Å². The molecular formula is C16H31NO. The van der Waals surface area contributed by atoms with E-state index in [-0.39, 0.29) is 5.54 Å². The molecule has 106 valence electrons. The first kappa shape index (κ1) is 17.3. The normalized spacial score (nSPS) is 10.9. The standard InChI is InChI=1S/C16H31NO/c1-5-7-8-9-10-11-12-13-16(3,4)17-15-18-14-6-2/h17H,5,7-13,15H2,1-4H3. The molecule has 0 bridgehead atoms. The van der Waals surface area contributed by atoms with Gasteiger partial charge < -0.3 is 4.74 Å². The summed E-state index contributed by atoms with van der Waals surface area (Å²) in [6.45, 7) is 9.02. The minimum Gasteiger partial charge on any atom is -0.431 e. The first-order chi connectivity index (χ1) is 8.62. The molecule has 0 aromatic carbocycles. The van der Waals surface area contributed by atoms with Crippen LogP contribution >= 0.6 is 0 Å². The maximum atomic E-state index is 5.12. The van der Waals surface area contributed by atoms with Gasteiger partial charge in [-0.3, -0.25) is 5.32 Å². The van der Waals surface area contributed by atoms with Crippen LogP contribution in [0.5, 0.6) is 0 Å². The molecule has 0 aliphatic heterocycles. The Balaban J connectivity index is 3.42. The molecule has 0 spiro atoms. The van der Waals surface area contributed by atoms with Gasteiger partial charge in [-0.1, -0.05) is 57.8 Å². The van der Waals surface area contributed by atoms with Crippen molar-refractivity contribution in [1.29, 1.82) is 0 Å². The second-order valence-corrected chi connectivity index (χ2v) is 5.57. The Morgan fingerprint density at radius 1 is 1.00 bits per heavy atom. The van der Waals surface area contributed by atoms with Crippen LogP contribution in [0.4, 0.5) is 0 Å². The number of ether oxygens (including phenoxy) is 1. The number of unbranched alkanes of at least 4 members (excludes halogenated alkanes) is 6. The predicted octanol–water partition coefficient (Wildman–Crippen LogP) is 4.45. The minimum atomic E-state index is 0.152. The summed E-state index contributed by atoms with van der Waals surface area (Å²) in [5.41, 5.74) is 0.152. The lowest BCUT2D eigenvalue weighted by atomic mass is 9.96. The summed E-state index contributed by atoms with van der Waals surface area (Å²) in [6, 6.07) is 0. The highest BCUT2D eigenvalue weighted by molar-refractivity contribution is 4.85. The van der Waals surface area contributed by atoms with Crippen molar-refractivity contribution in [3.8, 4) is 12.0 Å². The first-order valence-electron chi connectivity index (χ1n) is 7.41. The maximum absolute atomic E-state index is 5.12. The van der Waals surface area contributed by atoms with Crippen LogP contribution in [-0.4, -0.2) is 12.3 Å². The quantitative estimate of drug-likeness (QED) is 0.334. The zero-order chi connectivity index (χ0) is 13.7. The Morgan fingerprint density at radius 3 is 2.22 bits per heavy atom. The second-order valence-electron chi connectivity index (χ2n) is 5.57. The molecule has 2 heteroatoms. The molecule has 0 rings (SSSR count). The van der Waals surface area contributed by atoms with Gasteiger partial charge in [0.25, 0.3) is 0 Å². The van der Waals surface area contributed by atoms with Crippen molar-refractivity contribution in [3.05, 3.63) is 0 Å². The van der Waals surface area contributed by atoms with E-state index in [2.05, 4.69) is 38.1 Å². The summed E-state index contributed by atoms with van der Waals surface area (Å²) in [6.07, 6.45) is 13.4. The summed E-state index contributed by atoms with van der Waals surface area (Å²) in [5.74, 6) is 2.72. The lowest BCUT2D eigenvalue weighted by Crippen LogP contribution is -2.40. The van der Waals surface area contributed by atoms with E-state index in [4.69, 9.17) is 4.74 Å². The monoisotopic (exact) mass is 253 g/mol. The van der Waals surface area contributed by atoms with E-state index in [1.54, 1.807) is 6.92 Å². The van der Waals surface area contributed by atoms with Crippen molar-refractivity contribution in [3.63, 3.8) is 0 Å². The Hall–Kier alpha value is -0.680. The Labute approximate surface area is 114 Å². The molecule has 0 aliphatic rings. The van der Waals surface area contributed by atoms with Crippen LogP contribution in [0.3, 0.4) is 0 Å². The highest BCUT2D eigenvalue weighted by Crippen LogP contribution is 2.15. The van der Waals surface area contributed by atoms with Crippen LogP contribution in [-0.2, 0) is 4.74 Å². The van der Waals surface area contributed by atoms with Crippen molar-refractivity contribution in [2.24, 2.45) is 0 Å². The summed E-state index contributed by atoms with van der Waals surface area (Å²) in [4.78, 5) is 0. The van der Waals surface area contributed by atoms with Crippen LogP contribution < -0.4 is 5.32 Å². The van der Waals surface area contributed by atoms with Gasteiger partial charge in [0.2, 0.25) is 0 Å². The molecule has 0 atom stereocenters. The topological polar surface area (TPSA) is 21.3 Å². The fourth-order valence-electron chi connectivity index (χ4n) is 1.95. The van der Waals surface area contributed by atoms with Crippen LogP contribution in [0.1, 0.15) is 79.1 Å². The lowest BCUT2D eigenvalue weighted by Gasteiger charge is -2.25. The zero-order valence-corrected chi connectivity index (χ0v) is 12.8. The fraction of sp³-hybridized carbons (Fsp3) is 0.875. The number of rotatable bonds is 11. The molecule has 0 saturated carbocycles. The SMILES string of the molecule is CC#COCNC(C)(C)CCCCCCCCC. The third-order valence-corrected chi connectivity index (χ3v) is 3.20. The summed E-state index contributed by atoms with van der Waals surface area (Å²) in [7, 11) is 0. The third kappa shape index (κ3) is 11.8. The fourth-order valence-corrected chi connectivity index (χ4v) is 1.95. The molecule has 0 aromatic heterocycles. The number of nitrogens with one attached hydrogen (secondary N) is 1. The molecule has 0 unspecified atom stereocenters. The second kappa shape index (κ2) is 11.4. The number of hydrogen-bond acceptors (Lipinski definition) is 2. The van der Waals surface area contributed by atoms with Gasteiger partial charge in [0, 0.05) is 12.5 Å². The van der Waals surface area contributed by atoms with E-state index in [1.165, 1.54) is 51.4 Å². The molecule has 2 nitrogen and oxygen atoms in total. The molecule has 0 radical (unpaired) electrons. The average molecular weight is 253 g/mol. The molecule has 0 saturated heterocycles. The maximum Gasteiger partial charge on any atom is 0.151 e. The smallest absolute Gasteiger partial charge is 0.151 e. The molecule has 18 heavy (non-hydrogen) atoms. The van der Waals surface area contributed by atoms with Crippen LogP contribution in [0, 0.1) is 12.0 Å². The molecular weight excluding hydrogens is 222 g/mol. The predicted molar refractivity (Wildman–Crippen MR) is 79.2 cm³/mol. The largest absolute Gasteiger partial charge is 0.431 e. The molecule has 0 aliphatic carbocycles. The summed E-state index contributed by atoms with van der Waals surface area (Å²) in [5, 5.41) is 3.38. The lowest BCUT2D eigenvalue weighted by molar-refractivity contribution is 0.193. The average Bonchev–Trinajstić information content (AvgIpc) is 2.34. The first-order valence-corrected chi connectivity index (χ1v) is 7.41. The van der Waals surface area contributed by atoms with Crippen molar-refractivity contribution in [1.82, 2.24) is 5.32 Å². The van der Waals surface area contributed by atoms with E-state index in [9.17, 15) is 0 Å². The zero-order valence-electron chi connectivity index (χ0n) is 12.8. The van der Waals surface area contributed by atoms with Crippen molar-refractivity contribution in [2.45, 2.75) is 84.6 Å². The molecule has 0 fully saturated rings. The van der Waals surface area contributed by atoms with Gasteiger partial charge in [-0.15, -0.1) is 0 Å². The van der Waals surface area contributed by atoms with Gasteiger partial charge in [-0.25, -0.2) is 0 Å². The number of hydrogen-bond donors (Lipinski definition) is 1. The highest BCUT2D eigenvalue weighted by atomic mass is 16.5. The van der Waals surface area contributed by atoms with E-state index < -0.39 is 0 Å². The van der Waals surface area contributed by atoms with Crippen LogP contribution in [0.2, 0.25) is 0 Å². The third-order valence-electron chi connectivity index (χ3n) is 3.20. The van der Waals surface area contributed by atoms with Gasteiger partial charge in [-0.05, 0) is 20.3 Å². The van der Waals surface area contributed by atoms with Crippen LogP contribution in [0.25, 0.3) is 0 Å². The van der Waals surface area contributed by atoms with E-state index in [0.29, 0.717) is 6.73 Å². The molecule has 0 amide bonds. The molecule has 0 heterocycles. The van der Waals surface area contributed by atoms with Gasteiger partial charge >= 0.3 is 0 Å². The van der Waals surface area contributed by atoms with Crippen molar-refractivity contribution in [2.75, 3.05) is 6.73 Å². The Bertz CT molecular complexity index is 237. The van der Waals surface area contributed by atoms with E-state index in [1.807, 2.05) is 0 Å². The van der Waals surface area contributed by atoms with Crippen molar-refractivity contribution < 1.29 is 4.74 Å².